The molecule has 33 heavy (non-hydrogen) atoms. The molecular weight excluding hydrogens is 418 g/mol. The molecule has 1 atom stereocenters. The SMILES string of the molecule is C=C(C(=O)c1ccc(Nc2nccc(N3CC[C@@](C#N)(CC)C3=O)n2)cc1)C1CCOCC1. The van der Waals surface area contributed by atoms with Crippen LogP contribution in [-0.4, -0.2) is 41.4 Å². The molecule has 4 rings (SSSR count). The molecule has 0 bridgehead atoms. The average molecular weight is 446 g/mol. The van der Waals surface area contributed by atoms with Crippen LogP contribution in [0.25, 0.3) is 0 Å². The summed E-state index contributed by atoms with van der Waals surface area (Å²) in [5, 5.41) is 12.6. The van der Waals surface area contributed by atoms with Gasteiger partial charge in [0.2, 0.25) is 11.9 Å². The number of hydrogen-bond acceptors (Lipinski definition) is 7. The Morgan fingerprint density at radius 1 is 1.30 bits per heavy atom. The lowest BCUT2D eigenvalue weighted by Gasteiger charge is -2.23. The zero-order chi connectivity index (χ0) is 23.4. The zero-order valence-corrected chi connectivity index (χ0v) is 18.7. The van der Waals surface area contributed by atoms with Crippen molar-refractivity contribution in [3.05, 3.63) is 54.2 Å². The first-order valence-electron chi connectivity index (χ1n) is 11.2. The van der Waals surface area contributed by atoms with Crippen LogP contribution in [0.15, 0.2) is 48.7 Å². The van der Waals surface area contributed by atoms with Gasteiger partial charge in [0, 0.05) is 37.2 Å². The number of nitriles is 1. The van der Waals surface area contributed by atoms with E-state index in [2.05, 4.69) is 27.9 Å². The van der Waals surface area contributed by atoms with Gasteiger partial charge in [-0.1, -0.05) is 13.5 Å². The van der Waals surface area contributed by atoms with E-state index < -0.39 is 5.41 Å². The Hall–Kier alpha value is -3.57. The maximum Gasteiger partial charge on any atom is 0.248 e. The Kier molecular flexibility index (Phi) is 6.52. The molecule has 0 spiro atoms. The Bertz CT molecular complexity index is 1100. The van der Waals surface area contributed by atoms with Gasteiger partial charge in [-0.15, -0.1) is 0 Å². The number of rotatable bonds is 7. The van der Waals surface area contributed by atoms with Gasteiger partial charge in [-0.25, -0.2) is 4.98 Å². The molecule has 170 valence electrons. The van der Waals surface area contributed by atoms with Gasteiger partial charge >= 0.3 is 0 Å². The molecule has 1 aromatic heterocycles. The lowest BCUT2D eigenvalue weighted by Crippen LogP contribution is -2.33. The Morgan fingerprint density at radius 2 is 2.03 bits per heavy atom. The summed E-state index contributed by atoms with van der Waals surface area (Å²) in [6.07, 6.45) is 4.18. The number of carbonyl (C=O) groups excluding carboxylic acids is 2. The van der Waals surface area contributed by atoms with Gasteiger partial charge in [0.05, 0.1) is 6.07 Å². The highest BCUT2D eigenvalue weighted by molar-refractivity contribution is 6.08. The zero-order valence-electron chi connectivity index (χ0n) is 18.7. The minimum Gasteiger partial charge on any atom is -0.381 e. The first kappa shape index (κ1) is 22.6. The van der Waals surface area contributed by atoms with Crippen molar-refractivity contribution in [3.63, 3.8) is 0 Å². The van der Waals surface area contributed by atoms with Crippen molar-refractivity contribution in [1.82, 2.24) is 9.97 Å². The number of allylic oxidation sites excluding steroid dienone is 1. The van der Waals surface area contributed by atoms with Crippen molar-refractivity contribution < 1.29 is 14.3 Å². The number of ether oxygens (including phenoxy) is 1. The maximum atomic E-state index is 12.8. The van der Waals surface area contributed by atoms with Crippen molar-refractivity contribution >= 4 is 29.1 Å². The summed E-state index contributed by atoms with van der Waals surface area (Å²) in [6.45, 7) is 7.66. The van der Waals surface area contributed by atoms with E-state index in [1.165, 1.54) is 0 Å². The third-order valence-electron chi connectivity index (χ3n) is 6.56. The van der Waals surface area contributed by atoms with Crippen molar-refractivity contribution in [3.8, 4) is 6.07 Å². The number of anilines is 3. The van der Waals surface area contributed by atoms with Crippen LogP contribution < -0.4 is 10.2 Å². The number of carbonyl (C=O) groups is 2. The van der Waals surface area contributed by atoms with Crippen LogP contribution in [-0.2, 0) is 9.53 Å². The molecule has 1 aromatic carbocycles. The lowest BCUT2D eigenvalue weighted by atomic mass is 9.85. The third kappa shape index (κ3) is 4.50. The molecule has 3 heterocycles. The van der Waals surface area contributed by atoms with Crippen molar-refractivity contribution in [2.24, 2.45) is 11.3 Å². The minimum atomic E-state index is -0.977. The maximum absolute atomic E-state index is 12.8. The summed E-state index contributed by atoms with van der Waals surface area (Å²) in [7, 11) is 0. The molecule has 8 nitrogen and oxygen atoms in total. The number of nitrogens with zero attached hydrogens (tertiary/aromatic N) is 4. The molecule has 2 saturated heterocycles. The van der Waals surface area contributed by atoms with E-state index in [1.807, 2.05) is 6.92 Å². The largest absolute Gasteiger partial charge is 0.381 e. The van der Waals surface area contributed by atoms with Gasteiger partial charge in [0.15, 0.2) is 5.78 Å². The van der Waals surface area contributed by atoms with E-state index in [0.717, 1.165) is 12.8 Å². The second kappa shape index (κ2) is 9.51. The second-order valence-corrected chi connectivity index (χ2v) is 8.44. The summed E-state index contributed by atoms with van der Waals surface area (Å²) in [4.78, 5) is 35.8. The van der Waals surface area contributed by atoms with Crippen LogP contribution in [0.3, 0.4) is 0 Å². The molecule has 0 aliphatic carbocycles. The van der Waals surface area contributed by atoms with Crippen molar-refractivity contribution in [1.29, 1.82) is 5.26 Å². The van der Waals surface area contributed by atoms with Gasteiger partial charge in [-0.2, -0.15) is 10.2 Å². The van der Waals surface area contributed by atoms with Crippen LogP contribution in [0.4, 0.5) is 17.5 Å². The highest BCUT2D eigenvalue weighted by Crippen LogP contribution is 2.36. The predicted octanol–water partition coefficient (Wildman–Crippen LogP) is 4.04. The smallest absolute Gasteiger partial charge is 0.248 e. The number of nitrogens with one attached hydrogen (secondary N) is 1. The molecule has 0 radical (unpaired) electrons. The molecular formula is C25H27N5O3. The summed E-state index contributed by atoms with van der Waals surface area (Å²) >= 11 is 0. The molecule has 2 aromatic rings. The number of Topliss-reactive ketones (excluding diaryl/α,β-unsaturated/α-hetero) is 1. The van der Waals surface area contributed by atoms with E-state index in [1.54, 1.807) is 41.4 Å². The van der Waals surface area contributed by atoms with Crippen molar-refractivity contribution in [2.45, 2.75) is 32.6 Å². The summed E-state index contributed by atoms with van der Waals surface area (Å²) in [5.41, 5.74) is 0.955. The van der Waals surface area contributed by atoms with E-state index >= 15 is 0 Å². The highest BCUT2D eigenvalue weighted by Gasteiger charge is 2.46. The molecule has 2 aliphatic heterocycles. The molecule has 0 saturated carbocycles. The normalized spacial score (nSPS) is 21.0. The van der Waals surface area contributed by atoms with Gasteiger partial charge < -0.3 is 10.1 Å². The second-order valence-electron chi connectivity index (χ2n) is 8.44. The van der Waals surface area contributed by atoms with Crippen LogP contribution in [0, 0.1) is 22.7 Å². The number of aromatic nitrogens is 2. The highest BCUT2D eigenvalue weighted by atomic mass is 16.5. The summed E-state index contributed by atoms with van der Waals surface area (Å²) in [6, 6.07) is 10.9. The summed E-state index contributed by atoms with van der Waals surface area (Å²) < 4.78 is 5.37. The Morgan fingerprint density at radius 3 is 2.67 bits per heavy atom. The molecule has 8 heteroatoms. The molecule has 0 unspecified atom stereocenters. The Balaban J connectivity index is 1.44. The quantitative estimate of drug-likeness (QED) is 0.506. The van der Waals surface area contributed by atoms with Crippen LogP contribution >= 0.6 is 0 Å². The van der Waals surface area contributed by atoms with E-state index in [9.17, 15) is 14.9 Å². The fraction of sp³-hybridized carbons (Fsp3) is 0.400. The van der Waals surface area contributed by atoms with Crippen molar-refractivity contribution in [2.75, 3.05) is 30.0 Å². The fourth-order valence-electron chi connectivity index (χ4n) is 4.31. The van der Waals surface area contributed by atoms with Gasteiger partial charge in [0.25, 0.3) is 0 Å². The fourth-order valence-corrected chi connectivity index (χ4v) is 4.31. The molecule has 1 amide bonds. The third-order valence-corrected chi connectivity index (χ3v) is 6.56. The first-order chi connectivity index (χ1) is 16.0. The first-order valence-corrected chi connectivity index (χ1v) is 11.2. The van der Waals surface area contributed by atoms with E-state index in [0.29, 0.717) is 61.2 Å². The van der Waals surface area contributed by atoms with Gasteiger partial charge in [-0.3, -0.25) is 14.5 Å². The number of amides is 1. The molecule has 2 fully saturated rings. The molecule has 1 N–H and O–H groups in total. The minimum absolute atomic E-state index is 0.0452. The summed E-state index contributed by atoms with van der Waals surface area (Å²) in [5.74, 6) is 0.696. The Labute approximate surface area is 193 Å². The number of ketones is 1. The topological polar surface area (TPSA) is 108 Å². The monoisotopic (exact) mass is 445 g/mol. The van der Waals surface area contributed by atoms with Gasteiger partial charge in [0.1, 0.15) is 11.2 Å². The van der Waals surface area contributed by atoms with E-state index in [-0.39, 0.29) is 17.6 Å². The van der Waals surface area contributed by atoms with Crippen LogP contribution in [0.1, 0.15) is 43.0 Å². The lowest BCUT2D eigenvalue weighted by molar-refractivity contribution is -0.123. The number of benzene rings is 1. The van der Waals surface area contributed by atoms with Crippen LogP contribution in [0.2, 0.25) is 0 Å². The number of hydrogen-bond donors (Lipinski definition) is 1. The van der Waals surface area contributed by atoms with E-state index in [4.69, 9.17) is 4.74 Å². The molecule has 2 aliphatic rings. The average Bonchev–Trinajstić information content (AvgIpc) is 3.20. The standard InChI is InChI=1S/C25H27N5O3/c1-3-25(16-26)11-13-30(23(25)32)21-8-12-27-24(29-21)28-20-6-4-19(5-7-20)22(31)17(2)18-9-14-33-15-10-18/h4-8,12,18H,2-3,9-11,13-15H2,1H3,(H,27,28,29)/t25-/m1/s1. The predicted molar refractivity (Wildman–Crippen MR) is 124 cm³/mol. The van der Waals surface area contributed by atoms with Gasteiger partial charge in [-0.05, 0) is 67.5 Å². The van der Waals surface area contributed by atoms with Crippen LogP contribution in [0.5, 0.6) is 0 Å².